The molecule has 0 heterocycles. The van der Waals surface area contributed by atoms with Crippen LogP contribution in [0.1, 0.15) is 181 Å². The number of carbonyl (C=O) groups is 2. The van der Waals surface area contributed by atoms with Gasteiger partial charge in [-0.15, -0.1) is 0 Å². The quantitative estimate of drug-likeness (QED) is 0.0484. The topological polar surface area (TPSA) is 115 Å². The molecule has 0 saturated carbocycles. The van der Waals surface area contributed by atoms with Crippen LogP contribution in [0.4, 0.5) is 0 Å². The summed E-state index contributed by atoms with van der Waals surface area (Å²) in [4.78, 5) is 20.7. The molecule has 248 valence electrons. The van der Waals surface area contributed by atoms with Gasteiger partial charge >= 0.3 is 11.9 Å². The molecule has 42 heavy (non-hydrogen) atoms. The van der Waals surface area contributed by atoms with Crippen molar-refractivity contribution in [1.29, 1.82) is 0 Å². The largest absolute Gasteiger partial charge is 0.481 e. The number of hydrogen-bond acceptors (Lipinski definition) is 4. The second-order valence-electron chi connectivity index (χ2n) is 11.8. The van der Waals surface area contributed by atoms with Gasteiger partial charge in [0.2, 0.25) is 0 Å². The van der Waals surface area contributed by atoms with E-state index in [0.29, 0.717) is 12.8 Å². The molecule has 4 N–H and O–H groups in total. The molecule has 0 aliphatic rings. The average molecular weight is 597 g/mol. The molecule has 1 unspecified atom stereocenters. The molecule has 0 aliphatic carbocycles. The highest BCUT2D eigenvalue weighted by molar-refractivity contribution is 5.66. The van der Waals surface area contributed by atoms with Crippen LogP contribution in [0.15, 0.2) is 24.3 Å². The lowest BCUT2D eigenvalue weighted by Gasteiger charge is -2.07. The van der Waals surface area contributed by atoms with Crippen LogP contribution >= 0.6 is 0 Å². The van der Waals surface area contributed by atoms with E-state index in [2.05, 4.69) is 38.2 Å². The van der Waals surface area contributed by atoms with Crippen molar-refractivity contribution < 1.29 is 30.0 Å². The molecule has 0 aromatic rings. The van der Waals surface area contributed by atoms with E-state index in [0.717, 1.165) is 103 Å². The van der Waals surface area contributed by atoms with Crippen molar-refractivity contribution in [3.63, 3.8) is 0 Å². The van der Waals surface area contributed by atoms with Gasteiger partial charge in [0.15, 0.2) is 0 Å². The lowest BCUT2D eigenvalue weighted by molar-refractivity contribution is -0.138. The van der Waals surface area contributed by atoms with Crippen molar-refractivity contribution in [1.82, 2.24) is 0 Å². The van der Waals surface area contributed by atoms with Crippen LogP contribution in [0.2, 0.25) is 0 Å². The fraction of sp³-hybridized carbons (Fsp3) is 0.833. The number of carboxylic acid groups (broad SMARTS) is 2. The molecule has 2 atom stereocenters. The third-order valence-corrected chi connectivity index (χ3v) is 7.45. The zero-order chi connectivity index (χ0) is 31.5. The van der Waals surface area contributed by atoms with Gasteiger partial charge in [0.25, 0.3) is 0 Å². The van der Waals surface area contributed by atoms with Crippen molar-refractivity contribution in [2.45, 2.75) is 193 Å². The summed E-state index contributed by atoms with van der Waals surface area (Å²) in [5.74, 6) is -1.38. The van der Waals surface area contributed by atoms with Crippen molar-refractivity contribution in [3.8, 4) is 0 Å². The third-order valence-electron chi connectivity index (χ3n) is 7.45. The van der Waals surface area contributed by atoms with Crippen LogP contribution in [-0.4, -0.2) is 44.6 Å². The smallest absolute Gasteiger partial charge is 0.303 e. The van der Waals surface area contributed by atoms with Crippen molar-refractivity contribution in [2.24, 2.45) is 0 Å². The first-order valence-electron chi connectivity index (χ1n) is 17.4. The lowest BCUT2D eigenvalue weighted by atomic mass is 10.1. The van der Waals surface area contributed by atoms with Gasteiger partial charge in [-0.3, -0.25) is 9.59 Å². The molecule has 0 aromatic heterocycles. The van der Waals surface area contributed by atoms with Crippen LogP contribution in [0.25, 0.3) is 0 Å². The van der Waals surface area contributed by atoms with Gasteiger partial charge in [-0.2, -0.15) is 0 Å². The number of unbranched alkanes of at least 4 members (excludes halogenated alkanes) is 16. The summed E-state index contributed by atoms with van der Waals surface area (Å²) in [7, 11) is 0. The van der Waals surface area contributed by atoms with Crippen LogP contribution in [0, 0.1) is 0 Å². The first-order chi connectivity index (χ1) is 20.3. The normalized spacial score (nSPS) is 12.9. The molecule has 0 amide bonds. The highest BCUT2D eigenvalue weighted by Gasteiger charge is 2.02. The number of rotatable bonds is 30. The molecule has 0 rings (SSSR count). The third kappa shape index (κ3) is 40.5. The zero-order valence-corrected chi connectivity index (χ0v) is 27.5. The fourth-order valence-corrected chi connectivity index (χ4v) is 4.73. The Morgan fingerprint density at radius 3 is 1.17 bits per heavy atom. The summed E-state index contributed by atoms with van der Waals surface area (Å²) in [5, 5.41) is 36.6. The van der Waals surface area contributed by atoms with E-state index in [1.165, 1.54) is 51.4 Å². The van der Waals surface area contributed by atoms with Gasteiger partial charge in [0.05, 0.1) is 12.2 Å². The van der Waals surface area contributed by atoms with Gasteiger partial charge in [-0.1, -0.05) is 128 Å². The Kier molecular flexibility index (Phi) is 35.9. The molecule has 0 saturated heterocycles. The summed E-state index contributed by atoms with van der Waals surface area (Å²) in [5.41, 5.74) is 0. The minimum atomic E-state index is -0.689. The summed E-state index contributed by atoms with van der Waals surface area (Å²) in [6, 6.07) is 0. The SMILES string of the molecule is CCCCCCC(O)C/C=C/CCCCCCCC(=O)O.CCCCCC[C@@H](O)C/C=C/CCCCCCCC(=O)O. The Bertz CT molecular complexity index is 576. The Balaban J connectivity index is 0. The van der Waals surface area contributed by atoms with Gasteiger partial charge in [0, 0.05) is 12.8 Å². The average Bonchev–Trinajstić information content (AvgIpc) is 2.95. The van der Waals surface area contributed by atoms with E-state index in [4.69, 9.17) is 10.2 Å². The molecule has 6 nitrogen and oxygen atoms in total. The van der Waals surface area contributed by atoms with Gasteiger partial charge in [-0.05, 0) is 64.2 Å². The number of hydrogen-bond donors (Lipinski definition) is 4. The van der Waals surface area contributed by atoms with Crippen molar-refractivity contribution in [2.75, 3.05) is 0 Å². The van der Waals surface area contributed by atoms with E-state index in [1.807, 2.05) is 0 Å². The Labute approximate surface area is 259 Å². The highest BCUT2D eigenvalue weighted by atomic mass is 16.4. The molecule has 0 aliphatic heterocycles. The van der Waals surface area contributed by atoms with E-state index in [9.17, 15) is 19.8 Å². The maximum absolute atomic E-state index is 10.3. The molecule has 0 spiro atoms. The predicted molar refractivity (Wildman–Crippen MR) is 177 cm³/mol. The molecular formula is C36H68O6. The molecule has 0 fully saturated rings. The summed E-state index contributed by atoms with van der Waals surface area (Å²) in [6.45, 7) is 4.40. The monoisotopic (exact) mass is 597 g/mol. The Morgan fingerprint density at radius 2 is 0.810 bits per heavy atom. The minimum Gasteiger partial charge on any atom is -0.481 e. The van der Waals surface area contributed by atoms with Gasteiger partial charge < -0.3 is 20.4 Å². The number of aliphatic hydroxyl groups is 2. The van der Waals surface area contributed by atoms with E-state index in [1.54, 1.807) is 0 Å². The maximum atomic E-state index is 10.3. The molecule has 0 bridgehead atoms. The van der Waals surface area contributed by atoms with Crippen LogP contribution < -0.4 is 0 Å². The molecule has 0 aromatic carbocycles. The second kappa shape index (κ2) is 35.5. The van der Waals surface area contributed by atoms with Crippen molar-refractivity contribution in [3.05, 3.63) is 24.3 Å². The number of allylic oxidation sites excluding steroid dienone is 2. The van der Waals surface area contributed by atoms with E-state index >= 15 is 0 Å². The summed E-state index contributed by atoms with van der Waals surface area (Å²) >= 11 is 0. The first kappa shape index (κ1) is 42.5. The zero-order valence-electron chi connectivity index (χ0n) is 27.5. The van der Waals surface area contributed by atoms with Gasteiger partial charge in [0.1, 0.15) is 0 Å². The predicted octanol–water partition coefficient (Wildman–Crippen LogP) is 10.2. The fourth-order valence-electron chi connectivity index (χ4n) is 4.73. The molecule has 0 radical (unpaired) electrons. The Morgan fingerprint density at radius 1 is 0.476 bits per heavy atom. The van der Waals surface area contributed by atoms with Crippen LogP contribution in [0.5, 0.6) is 0 Å². The van der Waals surface area contributed by atoms with Crippen LogP contribution in [0.3, 0.4) is 0 Å². The number of aliphatic hydroxyl groups excluding tert-OH is 2. The Hall–Kier alpha value is -1.66. The lowest BCUT2D eigenvalue weighted by Crippen LogP contribution is -2.04. The van der Waals surface area contributed by atoms with E-state index in [-0.39, 0.29) is 12.2 Å². The summed E-state index contributed by atoms with van der Waals surface area (Å²) in [6.07, 6.45) is 34.7. The molecular weight excluding hydrogens is 528 g/mol. The van der Waals surface area contributed by atoms with Crippen molar-refractivity contribution >= 4 is 11.9 Å². The first-order valence-corrected chi connectivity index (χ1v) is 17.4. The number of carboxylic acids is 2. The summed E-state index contributed by atoms with van der Waals surface area (Å²) < 4.78 is 0. The standard InChI is InChI=1S/2C18H34O3/c2*1-2-3-4-11-14-17(19)15-12-9-7-5-6-8-10-13-16-18(20)21/h2*9,12,17,19H,2-8,10-11,13-16H2,1H3,(H,20,21)/b2*12-9+/t17-;/m1./s1. The second-order valence-corrected chi connectivity index (χ2v) is 11.8. The van der Waals surface area contributed by atoms with Crippen LogP contribution in [-0.2, 0) is 9.59 Å². The highest BCUT2D eigenvalue weighted by Crippen LogP contribution is 2.12. The van der Waals surface area contributed by atoms with Gasteiger partial charge in [-0.25, -0.2) is 0 Å². The maximum Gasteiger partial charge on any atom is 0.303 e. The minimum absolute atomic E-state index is 0.172. The number of aliphatic carboxylic acids is 2. The van der Waals surface area contributed by atoms with E-state index < -0.39 is 11.9 Å². The molecule has 6 heteroatoms.